The average molecular weight is 284 g/mol. The minimum atomic E-state index is -0.452. The zero-order valence-corrected chi connectivity index (χ0v) is 12.4. The van der Waals surface area contributed by atoms with Gasteiger partial charge in [0.1, 0.15) is 0 Å². The first kappa shape index (κ1) is 16.7. The number of aromatic hydroxyl groups is 1. The molecule has 0 amide bonds. The predicted molar refractivity (Wildman–Crippen MR) is 76.8 cm³/mol. The maximum absolute atomic E-state index is 11.7. The van der Waals surface area contributed by atoms with Crippen LogP contribution in [0.1, 0.15) is 24.7 Å². The van der Waals surface area contributed by atoms with Crippen LogP contribution in [0.4, 0.5) is 0 Å². The van der Waals surface area contributed by atoms with Crippen LogP contribution in [0.15, 0.2) is 10.9 Å². The summed E-state index contributed by atoms with van der Waals surface area (Å²) in [6.07, 6.45) is 0.754. The zero-order chi connectivity index (χ0) is 15.1. The third kappa shape index (κ3) is 4.33. The first-order valence-corrected chi connectivity index (χ1v) is 6.79. The molecular weight excluding hydrogens is 260 g/mol. The second-order valence-corrected chi connectivity index (χ2v) is 4.89. The van der Waals surface area contributed by atoms with Crippen molar-refractivity contribution in [1.29, 1.82) is 0 Å². The highest BCUT2D eigenvalue weighted by molar-refractivity contribution is 5.30. The number of aliphatic hydroxyl groups is 1. The van der Waals surface area contributed by atoms with Crippen LogP contribution in [-0.4, -0.2) is 47.0 Å². The first-order chi connectivity index (χ1) is 9.51. The van der Waals surface area contributed by atoms with Gasteiger partial charge in [0.2, 0.25) is 5.43 Å². The quantitative estimate of drug-likeness (QED) is 0.681. The van der Waals surface area contributed by atoms with Crippen molar-refractivity contribution in [2.75, 3.05) is 27.3 Å². The number of pyridine rings is 1. The van der Waals surface area contributed by atoms with Crippen LogP contribution in [0.2, 0.25) is 0 Å². The molecule has 114 valence electrons. The second-order valence-electron chi connectivity index (χ2n) is 4.89. The van der Waals surface area contributed by atoms with E-state index >= 15 is 0 Å². The molecule has 20 heavy (non-hydrogen) atoms. The van der Waals surface area contributed by atoms with Crippen LogP contribution in [0, 0.1) is 0 Å². The predicted octanol–water partition coefficient (Wildman–Crippen LogP) is 0.534. The number of nitrogens with zero attached hydrogens (tertiary/aromatic N) is 2. The van der Waals surface area contributed by atoms with E-state index in [-0.39, 0.29) is 12.4 Å². The van der Waals surface area contributed by atoms with Gasteiger partial charge in [0.25, 0.3) is 0 Å². The Labute approximate surface area is 119 Å². The van der Waals surface area contributed by atoms with E-state index in [1.165, 1.54) is 6.07 Å². The lowest BCUT2D eigenvalue weighted by Gasteiger charge is -2.21. The summed E-state index contributed by atoms with van der Waals surface area (Å²) < 4.78 is 7.09. The van der Waals surface area contributed by atoms with E-state index in [2.05, 4.69) is 0 Å². The molecule has 1 aromatic rings. The Balaban J connectivity index is 3.08. The zero-order valence-electron chi connectivity index (χ0n) is 12.4. The molecule has 2 N–H and O–H groups in total. The van der Waals surface area contributed by atoms with Gasteiger partial charge in [-0.25, -0.2) is 0 Å². The van der Waals surface area contributed by atoms with E-state index in [4.69, 9.17) is 4.74 Å². The first-order valence-electron chi connectivity index (χ1n) is 6.79. The summed E-state index contributed by atoms with van der Waals surface area (Å²) in [4.78, 5) is 13.6. The Morgan fingerprint density at radius 2 is 2.10 bits per heavy atom. The molecule has 0 atom stereocenters. The van der Waals surface area contributed by atoms with Gasteiger partial charge >= 0.3 is 0 Å². The van der Waals surface area contributed by atoms with E-state index < -0.39 is 5.43 Å². The van der Waals surface area contributed by atoms with Gasteiger partial charge in [-0.2, -0.15) is 0 Å². The number of hydrogen-bond donors (Lipinski definition) is 2. The molecule has 6 nitrogen and oxygen atoms in total. The molecule has 6 heteroatoms. The Morgan fingerprint density at radius 3 is 2.65 bits per heavy atom. The Kier molecular flexibility index (Phi) is 6.70. The van der Waals surface area contributed by atoms with Crippen molar-refractivity contribution in [3.05, 3.63) is 27.7 Å². The van der Waals surface area contributed by atoms with Crippen LogP contribution in [0.5, 0.6) is 5.75 Å². The molecular formula is C14H24N2O4. The van der Waals surface area contributed by atoms with Gasteiger partial charge in [-0.15, -0.1) is 0 Å². The third-order valence-corrected chi connectivity index (χ3v) is 2.98. The van der Waals surface area contributed by atoms with Crippen molar-refractivity contribution in [2.45, 2.75) is 33.0 Å². The van der Waals surface area contributed by atoms with Crippen molar-refractivity contribution in [2.24, 2.45) is 0 Å². The van der Waals surface area contributed by atoms with Crippen molar-refractivity contribution in [3.8, 4) is 5.75 Å². The molecule has 1 heterocycles. The molecule has 0 radical (unpaired) electrons. The monoisotopic (exact) mass is 284 g/mol. The molecule has 0 aliphatic rings. The van der Waals surface area contributed by atoms with Gasteiger partial charge in [-0.3, -0.25) is 4.79 Å². The normalized spacial score (nSPS) is 11.2. The molecule has 0 aliphatic heterocycles. The Bertz CT molecular complexity index is 483. The fourth-order valence-electron chi connectivity index (χ4n) is 2.08. The van der Waals surface area contributed by atoms with Crippen LogP contribution in [0.3, 0.4) is 0 Å². The molecule has 1 rings (SSSR count). The molecule has 0 saturated heterocycles. The fourth-order valence-corrected chi connectivity index (χ4v) is 2.08. The molecule has 0 aromatic carbocycles. The van der Waals surface area contributed by atoms with Gasteiger partial charge in [0.05, 0.1) is 12.3 Å². The van der Waals surface area contributed by atoms with Crippen molar-refractivity contribution in [1.82, 2.24) is 9.47 Å². The van der Waals surface area contributed by atoms with E-state index in [1.807, 2.05) is 25.9 Å². The summed E-state index contributed by atoms with van der Waals surface area (Å²) in [5, 5.41) is 19.4. The number of aromatic nitrogens is 1. The van der Waals surface area contributed by atoms with Crippen LogP contribution in [-0.2, 0) is 24.4 Å². The van der Waals surface area contributed by atoms with Crippen molar-refractivity contribution < 1.29 is 14.9 Å². The van der Waals surface area contributed by atoms with Crippen molar-refractivity contribution >= 4 is 0 Å². The number of rotatable bonds is 8. The number of aliphatic hydroxyl groups excluding tert-OH is 1. The molecule has 0 bridgehead atoms. The van der Waals surface area contributed by atoms with E-state index in [0.29, 0.717) is 37.7 Å². The fraction of sp³-hybridized carbons (Fsp3) is 0.643. The summed E-state index contributed by atoms with van der Waals surface area (Å²) >= 11 is 0. The van der Waals surface area contributed by atoms with E-state index in [9.17, 15) is 15.0 Å². The minimum Gasteiger partial charge on any atom is -0.503 e. The molecule has 0 fully saturated rings. The Hall–Kier alpha value is -1.37. The molecule has 0 spiro atoms. The molecule has 0 aliphatic carbocycles. The van der Waals surface area contributed by atoms with Gasteiger partial charge in [0, 0.05) is 38.1 Å². The third-order valence-electron chi connectivity index (χ3n) is 2.98. The maximum Gasteiger partial charge on any atom is 0.223 e. The lowest BCUT2D eigenvalue weighted by atomic mass is 10.2. The summed E-state index contributed by atoms with van der Waals surface area (Å²) in [7, 11) is 3.72. The SMILES string of the molecule is CCOCCCn1c(CO)cc(=O)c(O)c1CN(C)C. The standard InChI is InChI=1S/C14H24N2O4/c1-4-20-7-5-6-16-11(10-17)8-13(18)14(19)12(16)9-15(2)3/h8,17,19H,4-7,9-10H2,1-3H3. The van der Waals surface area contributed by atoms with Crippen LogP contribution in [0.25, 0.3) is 0 Å². The van der Waals surface area contributed by atoms with Gasteiger partial charge in [-0.1, -0.05) is 0 Å². The summed E-state index contributed by atoms with van der Waals surface area (Å²) in [6.45, 7) is 3.99. The summed E-state index contributed by atoms with van der Waals surface area (Å²) in [6, 6.07) is 1.29. The van der Waals surface area contributed by atoms with E-state index in [1.54, 1.807) is 4.57 Å². The summed E-state index contributed by atoms with van der Waals surface area (Å²) in [5.74, 6) is -0.243. The van der Waals surface area contributed by atoms with Crippen LogP contribution >= 0.6 is 0 Å². The highest BCUT2D eigenvalue weighted by atomic mass is 16.5. The van der Waals surface area contributed by atoms with Gasteiger partial charge in [0.15, 0.2) is 5.75 Å². The topological polar surface area (TPSA) is 74.9 Å². The average Bonchev–Trinajstić information content (AvgIpc) is 2.41. The van der Waals surface area contributed by atoms with Crippen LogP contribution < -0.4 is 5.43 Å². The molecule has 0 saturated carbocycles. The van der Waals surface area contributed by atoms with E-state index in [0.717, 1.165) is 6.42 Å². The number of ether oxygens (including phenoxy) is 1. The Morgan fingerprint density at radius 1 is 1.40 bits per heavy atom. The molecule has 0 unspecified atom stereocenters. The van der Waals surface area contributed by atoms with Crippen molar-refractivity contribution in [3.63, 3.8) is 0 Å². The highest BCUT2D eigenvalue weighted by Crippen LogP contribution is 2.17. The lowest BCUT2D eigenvalue weighted by molar-refractivity contribution is 0.140. The largest absolute Gasteiger partial charge is 0.503 e. The highest BCUT2D eigenvalue weighted by Gasteiger charge is 2.15. The second kappa shape index (κ2) is 8.04. The minimum absolute atomic E-state index is 0.232. The smallest absolute Gasteiger partial charge is 0.223 e. The summed E-state index contributed by atoms with van der Waals surface area (Å²) in [5.41, 5.74) is 0.594. The molecule has 1 aromatic heterocycles. The van der Waals surface area contributed by atoms with Gasteiger partial charge in [-0.05, 0) is 27.4 Å². The maximum atomic E-state index is 11.7. The van der Waals surface area contributed by atoms with Gasteiger partial charge < -0.3 is 24.4 Å². The number of hydrogen-bond acceptors (Lipinski definition) is 5. The lowest BCUT2D eigenvalue weighted by Crippen LogP contribution is -2.23.